The summed E-state index contributed by atoms with van der Waals surface area (Å²) in [5.41, 5.74) is 0.211. The Balaban J connectivity index is 1.73. The number of alkyl halides is 1. The molecule has 2 atom stereocenters. The first-order valence-corrected chi connectivity index (χ1v) is 6.14. The van der Waals surface area contributed by atoms with Gasteiger partial charge >= 0.3 is 0 Å². The summed E-state index contributed by atoms with van der Waals surface area (Å²) in [6.45, 7) is 3.31. The lowest BCUT2D eigenvalue weighted by molar-refractivity contribution is -0.125. The van der Waals surface area contributed by atoms with E-state index >= 15 is 0 Å². The van der Waals surface area contributed by atoms with Gasteiger partial charge < -0.3 is 10.1 Å². The predicted molar refractivity (Wildman–Crippen MR) is 58.9 cm³/mol. The van der Waals surface area contributed by atoms with Crippen molar-refractivity contribution in [2.45, 2.75) is 32.3 Å². The molecule has 2 aliphatic rings. The van der Waals surface area contributed by atoms with Crippen LogP contribution in [0.2, 0.25) is 0 Å². The second-order valence-electron chi connectivity index (χ2n) is 4.93. The van der Waals surface area contributed by atoms with Crippen molar-refractivity contribution < 1.29 is 9.53 Å². The molecule has 1 saturated carbocycles. The Bertz CT molecular complexity index is 253. The van der Waals surface area contributed by atoms with Crippen molar-refractivity contribution in [3.05, 3.63) is 0 Å². The first-order valence-electron chi connectivity index (χ1n) is 5.60. The molecule has 1 heterocycles. The average Bonchev–Trinajstić information content (AvgIpc) is 2.90. The molecule has 2 unspecified atom stereocenters. The monoisotopic (exact) mass is 231 g/mol. The molecule has 2 rings (SSSR count). The van der Waals surface area contributed by atoms with E-state index in [0.29, 0.717) is 12.5 Å². The largest absolute Gasteiger partial charge is 0.378 e. The molecule has 3 nitrogen and oxygen atoms in total. The van der Waals surface area contributed by atoms with E-state index in [2.05, 4.69) is 5.32 Å². The minimum Gasteiger partial charge on any atom is -0.378 e. The van der Waals surface area contributed by atoms with Gasteiger partial charge in [-0.1, -0.05) is 0 Å². The van der Waals surface area contributed by atoms with Gasteiger partial charge in [-0.25, -0.2) is 0 Å². The van der Waals surface area contributed by atoms with Gasteiger partial charge in [0.25, 0.3) is 0 Å². The Hall–Kier alpha value is -0.280. The molecule has 1 aliphatic heterocycles. The van der Waals surface area contributed by atoms with Gasteiger partial charge in [-0.3, -0.25) is 4.79 Å². The average molecular weight is 232 g/mol. The SMILES string of the molecule is CC1CC(C(=O)NCC2(CCl)CC2)CO1. The third kappa shape index (κ3) is 2.64. The molecule has 0 bridgehead atoms. The van der Waals surface area contributed by atoms with E-state index in [-0.39, 0.29) is 23.3 Å². The molecule has 0 aromatic heterocycles. The molecule has 1 N–H and O–H groups in total. The molecule has 1 aliphatic carbocycles. The Labute approximate surface area is 95.5 Å². The van der Waals surface area contributed by atoms with E-state index in [1.54, 1.807) is 0 Å². The molecule has 0 aromatic carbocycles. The van der Waals surface area contributed by atoms with Gasteiger partial charge in [0.2, 0.25) is 5.91 Å². The van der Waals surface area contributed by atoms with Crippen molar-refractivity contribution in [2.75, 3.05) is 19.0 Å². The summed E-state index contributed by atoms with van der Waals surface area (Å²) in [7, 11) is 0. The molecule has 15 heavy (non-hydrogen) atoms. The fourth-order valence-corrected chi connectivity index (χ4v) is 2.32. The van der Waals surface area contributed by atoms with Crippen molar-refractivity contribution >= 4 is 17.5 Å². The predicted octanol–water partition coefficient (Wildman–Crippen LogP) is 1.55. The van der Waals surface area contributed by atoms with Gasteiger partial charge in [0.05, 0.1) is 18.6 Å². The molecule has 0 spiro atoms. The van der Waals surface area contributed by atoms with Crippen LogP contribution in [0.4, 0.5) is 0 Å². The van der Waals surface area contributed by atoms with Crippen LogP contribution in [0, 0.1) is 11.3 Å². The van der Waals surface area contributed by atoms with E-state index < -0.39 is 0 Å². The number of carbonyl (C=O) groups is 1. The van der Waals surface area contributed by atoms with Gasteiger partial charge in [-0.2, -0.15) is 0 Å². The number of hydrogen-bond acceptors (Lipinski definition) is 2. The normalized spacial score (nSPS) is 32.7. The topological polar surface area (TPSA) is 38.3 Å². The molecule has 0 aromatic rings. The van der Waals surface area contributed by atoms with Crippen LogP contribution in [0.5, 0.6) is 0 Å². The number of halogens is 1. The van der Waals surface area contributed by atoms with Crippen LogP contribution in [-0.4, -0.2) is 31.0 Å². The Morgan fingerprint density at radius 1 is 1.60 bits per heavy atom. The van der Waals surface area contributed by atoms with Crippen LogP contribution in [0.3, 0.4) is 0 Å². The second kappa shape index (κ2) is 4.30. The Morgan fingerprint density at radius 3 is 2.80 bits per heavy atom. The summed E-state index contributed by atoms with van der Waals surface area (Å²) >= 11 is 5.85. The third-order valence-electron chi connectivity index (χ3n) is 3.45. The molecule has 86 valence electrons. The third-order valence-corrected chi connectivity index (χ3v) is 4.01. The van der Waals surface area contributed by atoms with Crippen molar-refractivity contribution in [2.24, 2.45) is 11.3 Å². The van der Waals surface area contributed by atoms with E-state index in [4.69, 9.17) is 16.3 Å². The number of amides is 1. The fraction of sp³-hybridized carbons (Fsp3) is 0.909. The smallest absolute Gasteiger partial charge is 0.225 e. The van der Waals surface area contributed by atoms with Crippen molar-refractivity contribution in [1.29, 1.82) is 0 Å². The standard InChI is InChI=1S/C11H18ClNO2/c1-8-4-9(5-15-8)10(14)13-7-11(6-12)2-3-11/h8-9H,2-7H2,1H3,(H,13,14). The van der Waals surface area contributed by atoms with Gasteiger partial charge in [0.15, 0.2) is 0 Å². The summed E-state index contributed by atoms with van der Waals surface area (Å²) in [5.74, 6) is 0.840. The lowest BCUT2D eigenvalue weighted by atomic mass is 10.0. The maximum Gasteiger partial charge on any atom is 0.225 e. The zero-order valence-corrected chi connectivity index (χ0v) is 9.85. The van der Waals surface area contributed by atoms with Gasteiger partial charge in [-0.05, 0) is 26.2 Å². The lowest BCUT2D eigenvalue weighted by Crippen LogP contribution is -2.35. The lowest BCUT2D eigenvalue weighted by Gasteiger charge is -2.14. The van der Waals surface area contributed by atoms with E-state index in [1.807, 2.05) is 6.92 Å². The van der Waals surface area contributed by atoms with Crippen molar-refractivity contribution in [3.8, 4) is 0 Å². The number of nitrogens with one attached hydrogen (secondary N) is 1. The highest BCUT2D eigenvalue weighted by Crippen LogP contribution is 2.45. The van der Waals surface area contributed by atoms with Crippen LogP contribution < -0.4 is 5.32 Å². The molecule has 2 fully saturated rings. The van der Waals surface area contributed by atoms with Crippen LogP contribution in [0.25, 0.3) is 0 Å². The highest BCUT2D eigenvalue weighted by atomic mass is 35.5. The second-order valence-corrected chi connectivity index (χ2v) is 5.20. The highest BCUT2D eigenvalue weighted by Gasteiger charge is 2.42. The summed E-state index contributed by atoms with van der Waals surface area (Å²) < 4.78 is 5.37. The maximum atomic E-state index is 11.7. The molecular formula is C11H18ClNO2. The summed E-state index contributed by atoms with van der Waals surface area (Å²) in [6.07, 6.45) is 3.37. The number of ether oxygens (including phenoxy) is 1. The van der Waals surface area contributed by atoms with E-state index in [0.717, 1.165) is 25.8 Å². The highest BCUT2D eigenvalue weighted by molar-refractivity contribution is 6.18. The number of hydrogen-bond donors (Lipinski definition) is 1. The summed E-state index contributed by atoms with van der Waals surface area (Å²) in [4.78, 5) is 11.7. The van der Waals surface area contributed by atoms with Gasteiger partial charge in [-0.15, -0.1) is 11.6 Å². The molecular weight excluding hydrogens is 214 g/mol. The quantitative estimate of drug-likeness (QED) is 0.746. The molecule has 4 heteroatoms. The first-order chi connectivity index (χ1) is 7.15. The van der Waals surface area contributed by atoms with Crippen LogP contribution in [0.15, 0.2) is 0 Å². The Kier molecular flexibility index (Phi) is 3.21. The zero-order valence-electron chi connectivity index (χ0n) is 9.09. The van der Waals surface area contributed by atoms with Crippen LogP contribution in [-0.2, 0) is 9.53 Å². The fourth-order valence-electron chi connectivity index (χ4n) is 1.95. The number of carbonyl (C=O) groups excluding carboxylic acids is 1. The van der Waals surface area contributed by atoms with Gasteiger partial charge in [0.1, 0.15) is 0 Å². The van der Waals surface area contributed by atoms with Crippen LogP contribution in [0.1, 0.15) is 26.2 Å². The minimum absolute atomic E-state index is 0.0473. The van der Waals surface area contributed by atoms with Crippen LogP contribution >= 0.6 is 11.6 Å². The van der Waals surface area contributed by atoms with Crippen molar-refractivity contribution in [1.82, 2.24) is 5.32 Å². The van der Waals surface area contributed by atoms with E-state index in [1.165, 1.54) is 0 Å². The first kappa shape index (κ1) is 11.2. The minimum atomic E-state index is 0.0473. The molecule has 1 amide bonds. The Morgan fingerprint density at radius 2 is 2.33 bits per heavy atom. The molecule has 0 radical (unpaired) electrons. The zero-order chi connectivity index (χ0) is 10.9. The summed E-state index contributed by atoms with van der Waals surface area (Å²) in [6, 6.07) is 0. The molecule has 1 saturated heterocycles. The van der Waals surface area contributed by atoms with Gasteiger partial charge in [0, 0.05) is 17.8 Å². The van der Waals surface area contributed by atoms with E-state index in [9.17, 15) is 4.79 Å². The maximum absolute atomic E-state index is 11.7. The number of rotatable bonds is 4. The van der Waals surface area contributed by atoms with Crippen molar-refractivity contribution in [3.63, 3.8) is 0 Å². The summed E-state index contributed by atoms with van der Waals surface area (Å²) in [5, 5.41) is 3.00.